The molecule has 1 spiro atoms. The Labute approximate surface area is 206 Å². The van der Waals surface area contributed by atoms with Crippen molar-refractivity contribution in [3.05, 3.63) is 141 Å². The van der Waals surface area contributed by atoms with Crippen LogP contribution in [0.2, 0.25) is 5.02 Å². The van der Waals surface area contributed by atoms with Crippen molar-refractivity contribution in [3.63, 3.8) is 0 Å². The van der Waals surface area contributed by atoms with Crippen LogP contribution in [0, 0.1) is 0 Å². The molecule has 0 aromatic heterocycles. The van der Waals surface area contributed by atoms with Crippen LogP contribution >= 0.6 is 27.5 Å². The van der Waals surface area contributed by atoms with Gasteiger partial charge >= 0.3 is 0 Å². The van der Waals surface area contributed by atoms with Gasteiger partial charge in [-0.25, -0.2) is 0 Å². The molecule has 0 nitrogen and oxygen atoms in total. The predicted molar refractivity (Wildman–Crippen MR) is 141 cm³/mol. The van der Waals surface area contributed by atoms with Crippen molar-refractivity contribution in [2.45, 2.75) is 5.41 Å². The number of halogens is 2. The highest BCUT2D eigenvalue weighted by Crippen LogP contribution is 2.64. The first-order valence-electron chi connectivity index (χ1n) is 11.1. The van der Waals surface area contributed by atoms with Crippen LogP contribution in [0.5, 0.6) is 0 Å². The number of hydrogen-bond donors (Lipinski definition) is 0. The number of benzene rings is 5. The lowest BCUT2D eigenvalue weighted by atomic mass is 9.70. The summed E-state index contributed by atoms with van der Waals surface area (Å²) in [5.74, 6) is 0. The van der Waals surface area contributed by atoms with E-state index in [1.54, 1.807) is 0 Å². The van der Waals surface area contributed by atoms with Crippen LogP contribution in [0.25, 0.3) is 33.4 Å². The van der Waals surface area contributed by atoms with Gasteiger partial charge in [-0.1, -0.05) is 112 Å². The predicted octanol–water partition coefficient (Wildman–Crippen LogP) is 9.11. The van der Waals surface area contributed by atoms with E-state index in [-0.39, 0.29) is 0 Å². The van der Waals surface area contributed by atoms with Crippen molar-refractivity contribution in [3.8, 4) is 33.4 Å². The summed E-state index contributed by atoms with van der Waals surface area (Å²) in [6, 6.07) is 39.3. The molecule has 0 fully saturated rings. The van der Waals surface area contributed by atoms with Crippen molar-refractivity contribution in [1.29, 1.82) is 0 Å². The van der Waals surface area contributed by atoms with E-state index in [0.717, 1.165) is 9.50 Å². The van der Waals surface area contributed by atoms with E-state index in [4.69, 9.17) is 11.6 Å². The van der Waals surface area contributed by atoms with Gasteiger partial charge in [0.2, 0.25) is 0 Å². The van der Waals surface area contributed by atoms with Crippen LogP contribution in [0.15, 0.2) is 114 Å². The first-order valence-corrected chi connectivity index (χ1v) is 12.3. The summed E-state index contributed by atoms with van der Waals surface area (Å²) in [5, 5.41) is 0.766. The molecule has 2 aliphatic rings. The SMILES string of the molecule is Clc1ccc2c(c1)C1(c3ccccc3-c3ccc(-c4ccccc4)cc31)c1cccc(Br)c1-2. The zero-order valence-electron chi connectivity index (χ0n) is 17.6. The molecule has 0 radical (unpaired) electrons. The van der Waals surface area contributed by atoms with Crippen LogP contribution in [0.4, 0.5) is 0 Å². The Hall–Kier alpha value is -3.13. The van der Waals surface area contributed by atoms with Gasteiger partial charge in [-0.2, -0.15) is 0 Å². The Morgan fingerprint density at radius 2 is 1.21 bits per heavy atom. The van der Waals surface area contributed by atoms with Crippen LogP contribution < -0.4 is 0 Å². The highest BCUT2D eigenvalue weighted by molar-refractivity contribution is 9.10. The standard InChI is InChI=1S/C31H18BrCl/c32-29-12-6-11-26-30(29)24-16-14-21(33)18-28(24)31(26)25-10-5-4-9-22(25)23-15-13-20(17-27(23)31)19-7-2-1-3-8-19/h1-18H. The lowest BCUT2D eigenvalue weighted by Crippen LogP contribution is -2.26. The van der Waals surface area contributed by atoms with Gasteiger partial charge in [0.05, 0.1) is 5.41 Å². The van der Waals surface area contributed by atoms with E-state index in [1.807, 2.05) is 6.07 Å². The summed E-state index contributed by atoms with van der Waals surface area (Å²) in [6.45, 7) is 0. The minimum Gasteiger partial charge on any atom is -0.0843 e. The minimum absolute atomic E-state index is 0.393. The molecule has 1 atom stereocenters. The second-order valence-electron chi connectivity index (χ2n) is 8.77. The first-order chi connectivity index (χ1) is 16.2. The quantitative estimate of drug-likeness (QED) is 0.209. The van der Waals surface area contributed by atoms with Crippen molar-refractivity contribution in [1.82, 2.24) is 0 Å². The fraction of sp³-hybridized carbons (Fsp3) is 0.0323. The number of fused-ring (bicyclic) bond motifs is 10. The smallest absolute Gasteiger partial charge is 0.0726 e. The van der Waals surface area contributed by atoms with Crippen LogP contribution in [0.3, 0.4) is 0 Å². The molecule has 0 N–H and O–H groups in total. The molecule has 0 aliphatic heterocycles. The Morgan fingerprint density at radius 3 is 2.09 bits per heavy atom. The molecule has 0 bridgehead atoms. The second-order valence-corrected chi connectivity index (χ2v) is 10.1. The van der Waals surface area contributed by atoms with Crippen LogP contribution in [-0.4, -0.2) is 0 Å². The number of hydrogen-bond acceptors (Lipinski definition) is 0. The molecule has 0 amide bonds. The maximum atomic E-state index is 6.64. The van der Waals surface area contributed by atoms with E-state index in [9.17, 15) is 0 Å². The van der Waals surface area contributed by atoms with E-state index in [2.05, 4.69) is 119 Å². The summed E-state index contributed by atoms with van der Waals surface area (Å²) in [6.07, 6.45) is 0. The van der Waals surface area contributed by atoms with Gasteiger partial charge in [-0.15, -0.1) is 0 Å². The average molecular weight is 506 g/mol. The van der Waals surface area contributed by atoms with Crippen LogP contribution in [0.1, 0.15) is 22.3 Å². The molecule has 7 rings (SSSR count). The summed E-state index contributed by atoms with van der Waals surface area (Å²) in [4.78, 5) is 0. The van der Waals surface area contributed by atoms with Crippen molar-refractivity contribution in [2.24, 2.45) is 0 Å². The third-order valence-electron chi connectivity index (χ3n) is 7.22. The molecule has 156 valence electrons. The van der Waals surface area contributed by atoms with Crippen molar-refractivity contribution < 1.29 is 0 Å². The van der Waals surface area contributed by atoms with Gasteiger partial charge in [0.1, 0.15) is 0 Å². The van der Waals surface area contributed by atoms with Crippen LogP contribution in [-0.2, 0) is 5.41 Å². The summed E-state index contributed by atoms with van der Waals surface area (Å²) in [7, 11) is 0. The monoisotopic (exact) mass is 504 g/mol. The Morgan fingerprint density at radius 1 is 0.515 bits per heavy atom. The zero-order chi connectivity index (χ0) is 22.2. The Balaban J connectivity index is 1.66. The molecule has 33 heavy (non-hydrogen) atoms. The largest absolute Gasteiger partial charge is 0.0843 e. The molecule has 5 aromatic carbocycles. The third kappa shape index (κ3) is 2.47. The number of rotatable bonds is 1. The van der Waals surface area contributed by atoms with E-state index in [0.29, 0.717) is 0 Å². The molecule has 0 saturated carbocycles. The summed E-state index contributed by atoms with van der Waals surface area (Å²) < 4.78 is 1.12. The third-order valence-corrected chi connectivity index (χ3v) is 8.12. The maximum absolute atomic E-state index is 6.64. The molecule has 2 heteroatoms. The molecule has 0 saturated heterocycles. The second kappa shape index (κ2) is 6.93. The molecule has 2 aliphatic carbocycles. The van der Waals surface area contributed by atoms with Gasteiger partial charge in [0, 0.05) is 15.1 Å². The fourth-order valence-corrected chi connectivity index (χ4v) is 6.72. The topological polar surface area (TPSA) is 0 Å². The maximum Gasteiger partial charge on any atom is 0.0726 e. The van der Waals surface area contributed by atoms with Crippen molar-refractivity contribution in [2.75, 3.05) is 0 Å². The minimum atomic E-state index is -0.393. The molecular weight excluding hydrogens is 488 g/mol. The van der Waals surface area contributed by atoms with Gasteiger partial charge in [0.25, 0.3) is 0 Å². The molecule has 0 heterocycles. The first kappa shape index (κ1) is 19.3. The van der Waals surface area contributed by atoms with Gasteiger partial charge < -0.3 is 0 Å². The van der Waals surface area contributed by atoms with E-state index in [1.165, 1.54) is 55.6 Å². The highest BCUT2D eigenvalue weighted by Gasteiger charge is 2.52. The zero-order valence-corrected chi connectivity index (χ0v) is 20.0. The van der Waals surface area contributed by atoms with Gasteiger partial charge in [0.15, 0.2) is 0 Å². The molecular formula is C31H18BrCl. The van der Waals surface area contributed by atoms with Gasteiger partial charge in [-0.3, -0.25) is 0 Å². The lowest BCUT2D eigenvalue weighted by Gasteiger charge is -2.31. The fourth-order valence-electron chi connectivity index (χ4n) is 5.97. The van der Waals surface area contributed by atoms with Crippen molar-refractivity contribution >= 4 is 27.5 Å². The lowest BCUT2D eigenvalue weighted by molar-refractivity contribution is 0.794. The van der Waals surface area contributed by atoms with Gasteiger partial charge in [-0.05, 0) is 74.3 Å². The Kier molecular flexibility index (Phi) is 4.07. The summed E-state index contributed by atoms with van der Waals surface area (Å²) in [5.41, 5.74) is 12.4. The Bertz CT molecular complexity index is 1580. The average Bonchev–Trinajstić information content (AvgIpc) is 3.32. The summed E-state index contributed by atoms with van der Waals surface area (Å²) >= 11 is 10.5. The molecule has 1 unspecified atom stereocenters. The molecule has 5 aromatic rings. The van der Waals surface area contributed by atoms with E-state index >= 15 is 0 Å². The highest BCUT2D eigenvalue weighted by atomic mass is 79.9. The normalized spacial score (nSPS) is 16.9. The van der Waals surface area contributed by atoms with E-state index < -0.39 is 5.41 Å².